The Kier molecular flexibility index (Phi) is 9.43. The van der Waals surface area contributed by atoms with Crippen molar-refractivity contribution in [3.8, 4) is 0 Å². The number of hydrogen-bond acceptors (Lipinski definition) is 13. The normalized spacial score (nSPS) is 28.1. The number of nitrogen functional groups attached to an aromatic ring is 1. The highest BCUT2D eigenvalue weighted by Gasteiger charge is 2.49. The van der Waals surface area contributed by atoms with Crippen LogP contribution in [0.1, 0.15) is 0 Å². The summed E-state index contributed by atoms with van der Waals surface area (Å²) in [6.07, 6.45) is -5.56. The molecule has 3 unspecified atom stereocenters. The molecule has 0 bridgehead atoms. The topological polar surface area (TPSA) is 302 Å². The van der Waals surface area contributed by atoms with E-state index in [-0.39, 0.29) is 5.82 Å². The summed E-state index contributed by atoms with van der Waals surface area (Å²) in [5.41, 5.74) is 4.72. The monoisotopic (exact) mass is 501 g/mol. The SMILES string of the molecule is Nc1cc[nH]c(=O)n1.O=P(O)(O)OP(=O)(O)OP(=O)(O)OC1O[C@H](CO)[C@@H](O)[C@@H]1O. The van der Waals surface area contributed by atoms with Gasteiger partial charge < -0.3 is 50.3 Å². The van der Waals surface area contributed by atoms with Gasteiger partial charge in [-0.15, -0.1) is 0 Å². The van der Waals surface area contributed by atoms with Crippen molar-refractivity contribution in [1.29, 1.82) is 0 Å². The van der Waals surface area contributed by atoms with E-state index in [0.29, 0.717) is 0 Å². The molecule has 0 aromatic carbocycles. The zero-order valence-electron chi connectivity index (χ0n) is 14.4. The van der Waals surface area contributed by atoms with E-state index in [9.17, 15) is 33.6 Å². The maximum atomic E-state index is 11.4. The fourth-order valence-electron chi connectivity index (χ4n) is 1.77. The van der Waals surface area contributed by atoms with Crippen LogP contribution in [0.5, 0.6) is 0 Å². The lowest BCUT2D eigenvalue weighted by Gasteiger charge is -2.20. The third kappa shape index (κ3) is 9.38. The standard InChI is InChI=1S/C5H13O14P3.C4H5N3O/c6-1-2-3(7)4(8)5(16-2)17-21(12,13)19-22(14,15)18-20(9,10)11;5-3-1-2-6-4(8)7-3/h2-8H,1H2,(H,12,13)(H,14,15)(H2,9,10,11);1-2H,(H3,5,6,7,8)/t2-,3-,4+,5?;/m1./s1. The van der Waals surface area contributed by atoms with E-state index in [4.69, 9.17) is 25.5 Å². The maximum Gasteiger partial charge on any atom is 0.490 e. The number of aromatic nitrogens is 2. The molecule has 1 saturated heterocycles. The van der Waals surface area contributed by atoms with Gasteiger partial charge in [0, 0.05) is 6.20 Å². The maximum absolute atomic E-state index is 11.4. The number of nitrogens with zero attached hydrogens (tertiary/aromatic N) is 1. The second kappa shape index (κ2) is 10.5. The lowest BCUT2D eigenvalue weighted by Crippen LogP contribution is -2.34. The number of ether oxygens (including phenoxy) is 1. The van der Waals surface area contributed by atoms with Gasteiger partial charge in [-0.1, -0.05) is 0 Å². The zero-order valence-corrected chi connectivity index (χ0v) is 17.1. The Morgan fingerprint density at radius 1 is 1.10 bits per heavy atom. The van der Waals surface area contributed by atoms with Crippen molar-refractivity contribution >= 4 is 29.3 Å². The van der Waals surface area contributed by atoms with Crippen molar-refractivity contribution < 1.29 is 66.5 Å². The Bertz CT molecular complexity index is 903. The first kappa shape index (κ1) is 27.0. The lowest BCUT2D eigenvalue weighted by molar-refractivity contribution is -0.125. The van der Waals surface area contributed by atoms with Crippen LogP contribution >= 0.6 is 23.5 Å². The fourth-order valence-corrected chi connectivity index (χ4v) is 4.86. The van der Waals surface area contributed by atoms with E-state index < -0.39 is 60.4 Å². The number of aromatic amines is 1. The van der Waals surface area contributed by atoms with Gasteiger partial charge in [0.2, 0.25) is 0 Å². The summed E-state index contributed by atoms with van der Waals surface area (Å²) in [6, 6.07) is 1.52. The van der Waals surface area contributed by atoms with Crippen LogP contribution in [0.4, 0.5) is 5.82 Å². The van der Waals surface area contributed by atoms with Crippen molar-refractivity contribution in [2.45, 2.75) is 24.6 Å². The van der Waals surface area contributed by atoms with Gasteiger partial charge in [-0.25, -0.2) is 18.5 Å². The number of phosphoric ester groups is 1. The molecule has 0 saturated carbocycles. The Hall–Kier alpha value is -1.07. The number of rotatable bonds is 7. The molecule has 1 fully saturated rings. The fraction of sp³-hybridized carbons (Fsp3) is 0.556. The van der Waals surface area contributed by atoms with Crippen molar-refractivity contribution in [2.24, 2.45) is 0 Å². The summed E-state index contributed by atoms with van der Waals surface area (Å²) < 4.78 is 48.5. The number of hydrogen-bond donors (Lipinski definition) is 9. The zero-order chi connectivity index (χ0) is 23.3. The molecule has 2 heterocycles. The van der Waals surface area contributed by atoms with Gasteiger partial charge in [0.25, 0.3) is 0 Å². The van der Waals surface area contributed by atoms with E-state index in [0.717, 1.165) is 0 Å². The van der Waals surface area contributed by atoms with E-state index in [1.54, 1.807) is 0 Å². The molecule has 0 radical (unpaired) electrons. The molecule has 1 aromatic heterocycles. The second-order valence-electron chi connectivity index (χ2n) is 5.22. The summed E-state index contributed by atoms with van der Waals surface area (Å²) in [6.45, 7) is -0.783. The average Bonchev–Trinajstić information content (AvgIpc) is 2.79. The van der Waals surface area contributed by atoms with E-state index in [1.807, 2.05) is 0 Å². The average molecular weight is 501 g/mol. The molecule has 10 N–H and O–H groups in total. The number of nitrogens with two attached hydrogens (primary N) is 1. The van der Waals surface area contributed by atoms with Crippen molar-refractivity contribution in [1.82, 2.24) is 9.97 Å². The number of nitrogens with one attached hydrogen (secondary N) is 1. The van der Waals surface area contributed by atoms with Crippen molar-refractivity contribution in [2.75, 3.05) is 12.3 Å². The van der Waals surface area contributed by atoms with Crippen LogP contribution in [0.2, 0.25) is 0 Å². The van der Waals surface area contributed by atoms with Crippen LogP contribution in [0.15, 0.2) is 17.1 Å². The third-order valence-corrected chi connectivity index (χ3v) is 6.64. The molecule has 18 nitrogen and oxygen atoms in total. The minimum Gasteiger partial charge on any atom is -0.394 e. The Morgan fingerprint density at radius 2 is 1.70 bits per heavy atom. The van der Waals surface area contributed by atoms with Crippen LogP contribution < -0.4 is 11.4 Å². The van der Waals surface area contributed by atoms with Gasteiger partial charge in [-0.2, -0.15) is 13.6 Å². The van der Waals surface area contributed by atoms with Gasteiger partial charge in [0.15, 0.2) is 6.29 Å². The van der Waals surface area contributed by atoms with E-state index in [1.165, 1.54) is 12.3 Å². The molecule has 1 aromatic rings. The van der Waals surface area contributed by atoms with Crippen LogP contribution in [0, 0.1) is 0 Å². The third-order valence-electron chi connectivity index (χ3n) is 2.84. The minimum absolute atomic E-state index is 0.244. The molecule has 174 valence electrons. The number of anilines is 1. The molecular weight excluding hydrogens is 483 g/mol. The first-order chi connectivity index (χ1) is 13.6. The van der Waals surface area contributed by atoms with Gasteiger partial charge in [-0.05, 0) is 6.07 Å². The number of H-pyrrole nitrogens is 1. The highest BCUT2D eigenvalue weighted by molar-refractivity contribution is 7.66. The molecular formula is C9H18N3O15P3. The molecule has 0 amide bonds. The first-order valence-electron chi connectivity index (χ1n) is 7.31. The number of aliphatic hydroxyl groups is 3. The molecule has 30 heavy (non-hydrogen) atoms. The van der Waals surface area contributed by atoms with Gasteiger partial charge in [0.1, 0.15) is 24.1 Å². The molecule has 1 aliphatic rings. The Balaban J connectivity index is 0.000000467. The summed E-state index contributed by atoms with van der Waals surface area (Å²) in [7, 11) is -16.7. The predicted octanol–water partition coefficient (Wildman–Crippen LogP) is -2.88. The quantitative estimate of drug-likeness (QED) is 0.169. The van der Waals surface area contributed by atoms with Crippen molar-refractivity contribution in [3.63, 3.8) is 0 Å². The number of phosphoric acid groups is 3. The number of aliphatic hydroxyl groups excluding tert-OH is 3. The summed E-state index contributed by atoms with van der Waals surface area (Å²) in [4.78, 5) is 50.6. The smallest absolute Gasteiger partial charge is 0.394 e. The largest absolute Gasteiger partial charge is 0.490 e. The molecule has 2 rings (SSSR count). The lowest BCUT2D eigenvalue weighted by atomic mass is 10.1. The molecule has 21 heteroatoms. The van der Waals surface area contributed by atoms with Crippen LogP contribution in [-0.4, -0.2) is 76.1 Å². The van der Waals surface area contributed by atoms with Crippen LogP contribution in [0.25, 0.3) is 0 Å². The van der Waals surface area contributed by atoms with Gasteiger partial charge >= 0.3 is 29.2 Å². The van der Waals surface area contributed by atoms with E-state index >= 15 is 0 Å². The molecule has 6 atom stereocenters. The van der Waals surface area contributed by atoms with E-state index in [2.05, 4.69) is 27.8 Å². The molecule has 0 spiro atoms. The summed E-state index contributed by atoms with van der Waals surface area (Å²) >= 11 is 0. The van der Waals surface area contributed by atoms with Gasteiger partial charge in [-0.3, -0.25) is 4.52 Å². The Morgan fingerprint density at radius 3 is 2.10 bits per heavy atom. The van der Waals surface area contributed by atoms with Crippen LogP contribution in [-0.2, 0) is 31.6 Å². The second-order valence-corrected chi connectivity index (χ2v) is 9.60. The summed E-state index contributed by atoms with van der Waals surface area (Å²) in [5, 5.41) is 27.6. The highest BCUT2D eigenvalue weighted by Crippen LogP contribution is 2.66. The van der Waals surface area contributed by atoms with Crippen LogP contribution in [0.3, 0.4) is 0 Å². The summed E-state index contributed by atoms with van der Waals surface area (Å²) in [5.74, 6) is 0.244. The van der Waals surface area contributed by atoms with Crippen molar-refractivity contribution in [3.05, 3.63) is 22.7 Å². The first-order valence-corrected chi connectivity index (χ1v) is 11.8. The van der Waals surface area contributed by atoms with Gasteiger partial charge in [0.05, 0.1) is 6.61 Å². The molecule has 0 aliphatic carbocycles. The Labute approximate surface area is 166 Å². The minimum atomic E-state index is -5.70. The predicted molar refractivity (Wildman–Crippen MR) is 92.0 cm³/mol. The highest BCUT2D eigenvalue weighted by atomic mass is 31.3. The molecule has 1 aliphatic heterocycles.